The van der Waals surface area contributed by atoms with Crippen LogP contribution in [0.5, 0.6) is 0 Å². The van der Waals surface area contributed by atoms with E-state index in [9.17, 15) is 8.42 Å². The summed E-state index contributed by atoms with van der Waals surface area (Å²) in [5, 5.41) is 3.63. The maximum atomic E-state index is 12.0. The summed E-state index contributed by atoms with van der Waals surface area (Å²) < 4.78 is 25.3. The van der Waals surface area contributed by atoms with Crippen LogP contribution in [0.3, 0.4) is 0 Å². The molecule has 0 spiro atoms. The number of hydrogen-bond donors (Lipinski definition) is 1. The van der Waals surface area contributed by atoms with Crippen LogP contribution in [-0.2, 0) is 10.0 Å². The summed E-state index contributed by atoms with van der Waals surface area (Å²) >= 11 is 0. The highest BCUT2D eigenvalue weighted by Crippen LogP contribution is 2.36. The summed E-state index contributed by atoms with van der Waals surface area (Å²) in [4.78, 5) is 0.346. The number of hydrogen-bond acceptors (Lipinski definition) is 3. The molecule has 5 heteroatoms. The number of nitrogens with zero attached hydrogens (tertiary/aromatic N) is 1. The quantitative estimate of drug-likeness (QED) is 0.842. The van der Waals surface area contributed by atoms with Crippen LogP contribution in [-0.4, -0.2) is 32.9 Å². The van der Waals surface area contributed by atoms with Gasteiger partial charge >= 0.3 is 0 Å². The minimum absolute atomic E-state index is 0.257. The highest BCUT2D eigenvalue weighted by molar-refractivity contribution is 7.89. The fourth-order valence-electron chi connectivity index (χ4n) is 2.70. The maximum absolute atomic E-state index is 12.0. The smallest absolute Gasteiger partial charge is 0.242 e. The summed E-state index contributed by atoms with van der Waals surface area (Å²) in [6.07, 6.45) is 3.81. The molecule has 2 rings (SSSR count). The van der Waals surface area contributed by atoms with Crippen LogP contribution in [0.2, 0.25) is 0 Å². The van der Waals surface area contributed by atoms with Gasteiger partial charge in [0, 0.05) is 26.2 Å². The molecule has 0 aliphatic heterocycles. The zero-order chi connectivity index (χ0) is 15.6. The normalized spacial score (nSPS) is 23.3. The lowest BCUT2D eigenvalue weighted by molar-refractivity contribution is 0.519. The van der Waals surface area contributed by atoms with E-state index in [0.717, 1.165) is 11.5 Å². The molecular formula is C16H26N2O2S. The lowest BCUT2D eigenvalue weighted by Crippen LogP contribution is -2.23. The summed E-state index contributed by atoms with van der Waals surface area (Å²) in [5.41, 5.74) is 1.13. The molecule has 1 aliphatic rings. The lowest BCUT2D eigenvalue weighted by atomic mass is 10.1. The minimum Gasteiger partial charge on any atom is -0.307 e. The summed E-state index contributed by atoms with van der Waals surface area (Å²) in [6, 6.07) is 8.09. The van der Waals surface area contributed by atoms with Crippen molar-refractivity contribution in [2.45, 2.75) is 50.1 Å². The van der Waals surface area contributed by atoms with Crippen molar-refractivity contribution >= 4 is 10.0 Å². The molecule has 0 radical (unpaired) electrons. The molecule has 0 aromatic heterocycles. The van der Waals surface area contributed by atoms with Gasteiger partial charge in [-0.1, -0.05) is 25.5 Å². The van der Waals surface area contributed by atoms with Crippen molar-refractivity contribution < 1.29 is 8.42 Å². The van der Waals surface area contributed by atoms with Gasteiger partial charge in [-0.25, -0.2) is 12.7 Å². The highest BCUT2D eigenvalue weighted by atomic mass is 32.2. The van der Waals surface area contributed by atoms with Crippen LogP contribution < -0.4 is 5.32 Å². The predicted molar refractivity (Wildman–Crippen MR) is 85.7 cm³/mol. The molecule has 1 saturated carbocycles. The Kier molecular flexibility index (Phi) is 5.07. The Bertz CT molecular complexity index is 566. The Hall–Kier alpha value is -0.910. The fourth-order valence-corrected chi connectivity index (χ4v) is 3.60. The van der Waals surface area contributed by atoms with E-state index in [4.69, 9.17) is 0 Å². The Morgan fingerprint density at radius 2 is 1.90 bits per heavy atom. The van der Waals surface area contributed by atoms with Crippen LogP contribution in [0, 0.1) is 5.92 Å². The second-order valence-electron chi connectivity index (χ2n) is 6.14. The van der Waals surface area contributed by atoms with E-state index < -0.39 is 10.0 Å². The third-order valence-corrected chi connectivity index (χ3v) is 6.03. The fraction of sp³-hybridized carbons (Fsp3) is 0.625. The van der Waals surface area contributed by atoms with E-state index in [-0.39, 0.29) is 6.04 Å². The van der Waals surface area contributed by atoms with E-state index in [1.54, 1.807) is 26.2 Å². The third kappa shape index (κ3) is 3.84. The number of rotatable bonds is 7. The van der Waals surface area contributed by atoms with Crippen molar-refractivity contribution in [3.05, 3.63) is 29.8 Å². The molecule has 0 amide bonds. The zero-order valence-corrected chi connectivity index (χ0v) is 14.2. The van der Waals surface area contributed by atoms with Gasteiger partial charge in [-0.2, -0.15) is 0 Å². The molecule has 1 aliphatic carbocycles. The second kappa shape index (κ2) is 6.46. The first-order valence-corrected chi connectivity index (χ1v) is 9.08. The monoisotopic (exact) mass is 310 g/mol. The largest absolute Gasteiger partial charge is 0.307 e. The van der Waals surface area contributed by atoms with E-state index >= 15 is 0 Å². The van der Waals surface area contributed by atoms with Crippen LogP contribution in [0.1, 0.15) is 44.7 Å². The molecule has 0 bridgehead atoms. The molecule has 3 atom stereocenters. The summed E-state index contributed by atoms with van der Waals surface area (Å²) in [6.45, 7) is 4.36. The van der Waals surface area contributed by atoms with Gasteiger partial charge in [0.05, 0.1) is 4.90 Å². The van der Waals surface area contributed by atoms with Crippen LogP contribution in [0.4, 0.5) is 0 Å². The number of sulfonamides is 1. The van der Waals surface area contributed by atoms with Crippen LogP contribution in [0.25, 0.3) is 0 Å². The first-order valence-electron chi connectivity index (χ1n) is 7.64. The zero-order valence-electron chi connectivity index (χ0n) is 13.3. The van der Waals surface area contributed by atoms with E-state index in [0.29, 0.717) is 10.9 Å². The van der Waals surface area contributed by atoms with Crippen LogP contribution in [0.15, 0.2) is 29.2 Å². The van der Waals surface area contributed by atoms with E-state index in [2.05, 4.69) is 19.2 Å². The van der Waals surface area contributed by atoms with E-state index in [1.165, 1.54) is 23.6 Å². The molecule has 4 nitrogen and oxygen atoms in total. The summed E-state index contributed by atoms with van der Waals surface area (Å²) in [7, 11) is -0.233. The van der Waals surface area contributed by atoms with Gasteiger partial charge in [0.15, 0.2) is 0 Å². The third-order valence-electron chi connectivity index (χ3n) is 4.20. The Labute approximate surface area is 128 Å². The van der Waals surface area contributed by atoms with Crippen molar-refractivity contribution in [1.82, 2.24) is 9.62 Å². The molecule has 1 fully saturated rings. The average Bonchev–Trinajstić information content (AvgIpc) is 3.17. The van der Waals surface area contributed by atoms with Gasteiger partial charge in [0.25, 0.3) is 0 Å². The maximum Gasteiger partial charge on any atom is 0.242 e. The van der Waals surface area contributed by atoms with Gasteiger partial charge < -0.3 is 5.32 Å². The van der Waals surface area contributed by atoms with Crippen molar-refractivity contribution in [1.29, 1.82) is 0 Å². The van der Waals surface area contributed by atoms with Gasteiger partial charge in [0.2, 0.25) is 10.0 Å². The van der Waals surface area contributed by atoms with Crippen molar-refractivity contribution in [2.24, 2.45) is 5.92 Å². The number of benzene rings is 1. The molecule has 3 unspecified atom stereocenters. The highest BCUT2D eigenvalue weighted by Gasteiger charge is 2.36. The first kappa shape index (κ1) is 16.5. The SMILES string of the molecule is CCCC1CC1NC(C)c1ccc(S(=O)(=O)N(C)C)cc1. The first-order chi connectivity index (χ1) is 9.86. The lowest BCUT2D eigenvalue weighted by Gasteiger charge is -2.16. The molecule has 0 heterocycles. The minimum atomic E-state index is -3.33. The van der Waals surface area contributed by atoms with Gasteiger partial charge in [-0.05, 0) is 43.4 Å². The standard InChI is InChI=1S/C16H26N2O2S/c1-5-6-14-11-16(14)17-12(2)13-7-9-15(10-8-13)21(19,20)18(3)4/h7-10,12,14,16-17H,5-6,11H2,1-4H3. The topological polar surface area (TPSA) is 49.4 Å². The Balaban J connectivity index is 1.99. The van der Waals surface area contributed by atoms with Crippen molar-refractivity contribution in [2.75, 3.05) is 14.1 Å². The van der Waals surface area contributed by atoms with E-state index in [1.807, 2.05) is 12.1 Å². The predicted octanol–water partition coefficient (Wildman–Crippen LogP) is 2.78. The Morgan fingerprint density at radius 3 is 2.43 bits per heavy atom. The molecule has 1 aromatic rings. The molecule has 1 aromatic carbocycles. The molecule has 0 saturated heterocycles. The van der Waals surface area contributed by atoms with Crippen LogP contribution >= 0.6 is 0 Å². The molecule has 21 heavy (non-hydrogen) atoms. The van der Waals surface area contributed by atoms with Gasteiger partial charge in [-0.15, -0.1) is 0 Å². The molecule has 118 valence electrons. The molecule has 1 N–H and O–H groups in total. The Morgan fingerprint density at radius 1 is 1.29 bits per heavy atom. The van der Waals surface area contributed by atoms with Gasteiger partial charge in [-0.3, -0.25) is 0 Å². The summed E-state index contributed by atoms with van der Waals surface area (Å²) in [5.74, 6) is 0.825. The van der Waals surface area contributed by atoms with Crippen molar-refractivity contribution in [3.8, 4) is 0 Å². The average molecular weight is 310 g/mol. The second-order valence-corrected chi connectivity index (χ2v) is 8.29. The van der Waals surface area contributed by atoms with Crippen molar-refractivity contribution in [3.63, 3.8) is 0 Å². The molecular weight excluding hydrogens is 284 g/mol. The van der Waals surface area contributed by atoms with Gasteiger partial charge in [0.1, 0.15) is 0 Å². The number of nitrogens with one attached hydrogen (secondary N) is 1.